The molecule has 0 saturated carbocycles. The van der Waals surface area contributed by atoms with Crippen LogP contribution in [-0.2, 0) is 6.54 Å². The molecule has 1 aliphatic rings. The lowest BCUT2D eigenvalue weighted by atomic mass is 9.92. The maximum absolute atomic E-state index is 12.3. The number of pyridine rings is 1. The van der Waals surface area contributed by atoms with Crippen LogP contribution in [0.15, 0.2) is 29.2 Å². The van der Waals surface area contributed by atoms with Crippen LogP contribution < -0.4 is 11.3 Å². The van der Waals surface area contributed by atoms with E-state index in [-0.39, 0.29) is 5.56 Å². The van der Waals surface area contributed by atoms with E-state index in [4.69, 9.17) is 5.73 Å². The van der Waals surface area contributed by atoms with Gasteiger partial charge in [-0.2, -0.15) is 0 Å². The molecule has 5 heteroatoms. The lowest BCUT2D eigenvalue weighted by Crippen LogP contribution is -2.45. The van der Waals surface area contributed by atoms with Crippen LogP contribution in [0.25, 0.3) is 5.65 Å². The van der Waals surface area contributed by atoms with Crippen molar-refractivity contribution in [3.63, 3.8) is 0 Å². The third-order valence-electron chi connectivity index (χ3n) is 4.60. The van der Waals surface area contributed by atoms with Gasteiger partial charge >= 0.3 is 0 Å². The zero-order valence-electron chi connectivity index (χ0n) is 13.3. The fourth-order valence-corrected chi connectivity index (χ4v) is 3.30. The summed E-state index contributed by atoms with van der Waals surface area (Å²) in [5.41, 5.74) is 8.50. The van der Waals surface area contributed by atoms with Crippen molar-refractivity contribution in [2.45, 2.75) is 39.3 Å². The Hall–Kier alpha value is -1.72. The molecule has 22 heavy (non-hydrogen) atoms. The molecule has 0 bridgehead atoms. The van der Waals surface area contributed by atoms with E-state index >= 15 is 0 Å². The van der Waals surface area contributed by atoms with Gasteiger partial charge in [-0.25, -0.2) is 4.98 Å². The molecule has 118 valence electrons. The van der Waals surface area contributed by atoms with Crippen molar-refractivity contribution in [3.8, 4) is 0 Å². The molecule has 0 spiro atoms. The van der Waals surface area contributed by atoms with Gasteiger partial charge in [-0.05, 0) is 43.9 Å². The minimum atomic E-state index is -0.0154. The normalized spacial score (nSPS) is 23.0. The molecular formula is C17H24N4O. The van der Waals surface area contributed by atoms with E-state index in [9.17, 15) is 4.79 Å². The van der Waals surface area contributed by atoms with E-state index in [2.05, 4.69) is 16.8 Å². The Labute approximate surface area is 130 Å². The van der Waals surface area contributed by atoms with Gasteiger partial charge in [-0.15, -0.1) is 0 Å². The van der Waals surface area contributed by atoms with Gasteiger partial charge in [0.2, 0.25) is 0 Å². The first-order valence-electron chi connectivity index (χ1n) is 8.00. The predicted octanol–water partition coefficient (Wildman–Crippen LogP) is 1.56. The van der Waals surface area contributed by atoms with Crippen molar-refractivity contribution in [2.75, 3.05) is 13.1 Å². The molecule has 1 aliphatic heterocycles. The number of aromatic nitrogens is 2. The SMILES string of the molecule is Cc1ccc2nc(CN3CCC(C)CC3CN)cc(=O)n2c1. The smallest absolute Gasteiger partial charge is 0.258 e. The molecule has 2 atom stereocenters. The Morgan fingerprint density at radius 3 is 3.00 bits per heavy atom. The lowest BCUT2D eigenvalue weighted by molar-refractivity contribution is 0.114. The number of likely N-dealkylation sites (tertiary alicyclic amines) is 1. The highest BCUT2D eigenvalue weighted by Crippen LogP contribution is 2.23. The molecule has 2 aromatic heterocycles. The Balaban J connectivity index is 1.87. The molecule has 0 aliphatic carbocycles. The van der Waals surface area contributed by atoms with E-state index in [1.54, 1.807) is 10.5 Å². The molecule has 2 N–H and O–H groups in total. The van der Waals surface area contributed by atoms with Gasteiger partial charge in [0.1, 0.15) is 5.65 Å². The van der Waals surface area contributed by atoms with Crippen LogP contribution in [0.2, 0.25) is 0 Å². The average Bonchev–Trinajstić information content (AvgIpc) is 2.50. The van der Waals surface area contributed by atoms with Crippen molar-refractivity contribution >= 4 is 5.65 Å². The van der Waals surface area contributed by atoms with Crippen molar-refractivity contribution in [2.24, 2.45) is 11.7 Å². The highest BCUT2D eigenvalue weighted by atomic mass is 16.1. The topological polar surface area (TPSA) is 63.6 Å². The van der Waals surface area contributed by atoms with Crippen LogP contribution in [0.1, 0.15) is 31.0 Å². The molecule has 3 rings (SSSR count). The van der Waals surface area contributed by atoms with Crippen LogP contribution in [0.5, 0.6) is 0 Å². The Kier molecular flexibility index (Phi) is 4.27. The number of piperidine rings is 1. The molecule has 2 unspecified atom stereocenters. The summed E-state index contributed by atoms with van der Waals surface area (Å²) in [5, 5.41) is 0. The first-order chi connectivity index (χ1) is 10.6. The van der Waals surface area contributed by atoms with Gasteiger partial charge in [0.15, 0.2) is 0 Å². The van der Waals surface area contributed by atoms with Crippen molar-refractivity contribution in [1.82, 2.24) is 14.3 Å². The van der Waals surface area contributed by atoms with Crippen LogP contribution in [0, 0.1) is 12.8 Å². The Morgan fingerprint density at radius 1 is 1.41 bits per heavy atom. The molecule has 2 aromatic rings. The summed E-state index contributed by atoms with van der Waals surface area (Å²) in [6.07, 6.45) is 4.14. The molecule has 3 heterocycles. The zero-order chi connectivity index (χ0) is 15.7. The van der Waals surface area contributed by atoms with Crippen molar-refractivity contribution < 1.29 is 0 Å². The average molecular weight is 300 g/mol. The maximum Gasteiger partial charge on any atom is 0.258 e. The van der Waals surface area contributed by atoms with Gasteiger partial charge < -0.3 is 5.73 Å². The van der Waals surface area contributed by atoms with Gasteiger partial charge in [0.25, 0.3) is 5.56 Å². The van der Waals surface area contributed by atoms with Crippen LogP contribution in [0.3, 0.4) is 0 Å². The number of nitrogens with two attached hydrogens (primary N) is 1. The largest absolute Gasteiger partial charge is 0.329 e. The highest BCUT2D eigenvalue weighted by Gasteiger charge is 2.25. The molecule has 0 aromatic carbocycles. The first kappa shape index (κ1) is 15.2. The second-order valence-corrected chi connectivity index (χ2v) is 6.51. The Morgan fingerprint density at radius 2 is 2.23 bits per heavy atom. The van der Waals surface area contributed by atoms with Crippen LogP contribution in [0.4, 0.5) is 0 Å². The standard InChI is InChI=1S/C17H24N4O/c1-12-5-6-20(15(7-12)9-18)11-14-8-17(22)21-10-13(2)3-4-16(21)19-14/h3-4,8,10,12,15H,5-7,9,11,18H2,1-2H3. The van der Waals surface area contributed by atoms with Gasteiger partial charge in [-0.1, -0.05) is 13.0 Å². The monoisotopic (exact) mass is 300 g/mol. The van der Waals surface area contributed by atoms with Crippen LogP contribution >= 0.6 is 0 Å². The summed E-state index contributed by atoms with van der Waals surface area (Å²) < 4.78 is 1.61. The number of nitrogens with zero attached hydrogens (tertiary/aromatic N) is 3. The molecule has 0 radical (unpaired) electrons. The summed E-state index contributed by atoms with van der Waals surface area (Å²) in [5.74, 6) is 0.725. The predicted molar refractivity (Wildman–Crippen MR) is 87.8 cm³/mol. The highest BCUT2D eigenvalue weighted by molar-refractivity contribution is 5.39. The van der Waals surface area contributed by atoms with Gasteiger partial charge in [0, 0.05) is 31.4 Å². The zero-order valence-corrected chi connectivity index (χ0v) is 13.3. The minimum Gasteiger partial charge on any atom is -0.329 e. The van der Waals surface area contributed by atoms with Gasteiger partial charge in [-0.3, -0.25) is 14.1 Å². The number of hydrogen-bond acceptors (Lipinski definition) is 4. The second kappa shape index (κ2) is 6.18. The van der Waals surface area contributed by atoms with Crippen molar-refractivity contribution in [1.29, 1.82) is 0 Å². The number of hydrogen-bond donors (Lipinski definition) is 1. The quantitative estimate of drug-likeness (QED) is 0.934. The van der Waals surface area contributed by atoms with E-state index in [1.807, 2.05) is 25.3 Å². The lowest BCUT2D eigenvalue weighted by Gasteiger charge is -2.37. The van der Waals surface area contributed by atoms with E-state index in [1.165, 1.54) is 6.42 Å². The fraction of sp³-hybridized carbons (Fsp3) is 0.529. The van der Waals surface area contributed by atoms with E-state index < -0.39 is 0 Å². The minimum absolute atomic E-state index is 0.0154. The summed E-state index contributed by atoms with van der Waals surface area (Å²) in [4.78, 5) is 19.3. The summed E-state index contributed by atoms with van der Waals surface area (Å²) in [7, 11) is 0. The van der Waals surface area contributed by atoms with Crippen molar-refractivity contribution in [3.05, 3.63) is 46.0 Å². The van der Waals surface area contributed by atoms with Gasteiger partial charge in [0.05, 0.1) is 5.69 Å². The molecule has 1 fully saturated rings. The van der Waals surface area contributed by atoms with E-state index in [0.29, 0.717) is 24.8 Å². The fourth-order valence-electron chi connectivity index (χ4n) is 3.30. The third kappa shape index (κ3) is 3.05. The summed E-state index contributed by atoms with van der Waals surface area (Å²) in [6, 6.07) is 5.93. The molecule has 1 saturated heterocycles. The summed E-state index contributed by atoms with van der Waals surface area (Å²) >= 11 is 0. The summed E-state index contributed by atoms with van der Waals surface area (Å²) in [6.45, 7) is 6.64. The first-order valence-corrected chi connectivity index (χ1v) is 8.00. The molecular weight excluding hydrogens is 276 g/mol. The van der Waals surface area contributed by atoms with E-state index in [0.717, 1.165) is 30.1 Å². The molecule has 0 amide bonds. The van der Waals surface area contributed by atoms with Crippen LogP contribution in [-0.4, -0.2) is 33.4 Å². The second-order valence-electron chi connectivity index (χ2n) is 6.51. The third-order valence-corrected chi connectivity index (χ3v) is 4.60. The number of rotatable bonds is 3. The Bertz CT molecular complexity index is 724. The number of fused-ring (bicyclic) bond motifs is 1. The number of aryl methyl sites for hydroxylation is 1. The molecule has 5 nitrogen and oxygen atoms in total. The maximum atomic E-state index is 12.3.